The minimum Gasteiger partial charge on any atom is -0.461 e. The number of anilines is 1. The number of nitrogen functional groups attached to an aromatic ring is 1. The van der Waals surface area contributed by atoms with E-state index in [1.165, 1.54) is 0 Å². The Morgan fingerprint density at radius 3 is 2.35 bits per heavy atom. The van der Waals surface area contributed by atoms with E-state index in [0.29, 0.717) is 11.3 Å². The van der Waals surface area contributed by atoms with Gasteiger partial charge in [-0.2, -0.15) is 0 Å². The van der Waals surface area contributed by atoms with Gasteiger partial charge in [-0.1, -0.05) is 30.3 Å². The summed E-state index contributed by atoms with van der Waals surface area (Å²) < 4.78 is 4.99. The van der Waals surface area contributed by atoms with E-state index in [0.717, 1.165) is 5.56 Å². The van der Waals surface area contributed by atoms with Crippen LogP contribution in [0.3, 0.4) is 0 Å². The molecule has 5 nitrogen and oxygen atoms in total. The molecule has 2 aromatic rings. The maximum atomic E-state index is 12.2. The van der Waals surface area contributed by atoms with Gasteiger partial charge in [-0.3, -0.25) is 4.79 Å². The zero-order valence-electron chi connectivity index (χ0n) is 12.8. The first-order valence-corrected chi connectivity index (χ1v) is 7.21. The van der Waals surface area contributed by atoms with Gasteiger partial charge in [0, 0.05) is 11.3 Å². The molecule has 0 radical (unpaired) electrons. The van der Waals surface area contributed by atoms with Crippen molar-refractivity contribution in [1.29, 1.82) is 0 Å². The largest absolute Gasteiger partial charge is 0.461 e. The molecule has 0 aromatic heterocycles. The van der Waals surface area contributed by atoms with Crippen LogP contribution in [-0.4, -0.2) is 18.5 Å². The third kappa shape index (κ3) is 4.71. The van der Waals surface area contributed by atoms with E-state index in [4.69, 9.17) is 10.5 Å². The molecule has 2 rings (SSSR count). The molecule has 0 aliphatic rings. The highest BCUT2D eigenvalue weighted by Gasteiger charge is 2.15. The van der Waals surface area contributed by atoms with Gasteiger partial charge in [0.25, 0.3) is 5.91 Å². The van der Waals surface area contributed by atoms with E-state index >= 15 is 0 Å². The van der Waals surface area contributed by atoms with Crippen LogP contribution >= 0.6 is 0 Å². The fraction of sp³-hybridized carbons (Fsp3) is 0.111. The second kappa shape index (κ2) is 7.79. The average molecular weight is 310 g/mol. The van der Waals surface area contributed by atoms with E-state index < -0.39 is 5.97 Å². The van der Waals surface area contributed by atoms with Crippen molar-refractivity contribution in [2.24, 2.45) is 0 Å². The minimum atomic E-state index is -0.589. The molecule has 0 fully saturated rings. The lowest BCUT2D eigenvalue weighted by molar-refractivity contribution is -0.138. The van der Waals surface area contributed by atoms with Gasteiger partial charge in [-0.25, -0.2) is 4.79 Å². The van der Waals surface area contributed by atoms with E-state index in [2.05, 4.69) is 5.32 Å². The van der Waals surface area contributed by atoms with Crippen molar-refractivity contribution in [3.63, 3.8) is 0 Å². The Kier molecular flexibility index (Phi) is 5.52. The third-order valence-corrected chi connectivity index (χ3v) is 3.03. The summed E-state index contributed by atoms with van der Waals surface area (Å²) in [5.74, 6) is -0.964. The Labute approximate surface area is 134 Å². The number of hydrogen-bond acceptors (Lipinski definition) is 4. The fourth-order valence-corrected chi connectivity index (χ4v) is 1.90. The monoisotopic (exact) mass is 310 g/mol. The molecule has 23 heavy (non-hydrogen) atoms. The zero-order valence-corrected chi connectivity index (χ0v) is 12.8. The van der Waals surface area contributed by atoms with Gasteiger partial charge in [-0.15, -0.1) is 0 Å². The molecular formula is C18H18N2O3. The smallest absolute Gasteiger partial charge is 0.354 e. The Morgan fingerprint density at radius 2 is 1.74 bits per heavy atom. The molecular weight excluding hydrogens is 292 g/mol. The number of hydrogen-bond donors (Lipinski definition) is 2. The molecule has 0 aliphatic heterocycles. The van der Waals surface area contributed by atoms with Crippen LogP contribution in [0.1, 0.15) is 22.8 Å². The predicted molar refractivity (Wildman–Crippen MR) is 89.4 cm³/mol. The summed E-state index contributed by atoms with van der Waals surface area (Å²) in [6.45, 7) is 1.93. The molecule has 0 saturated heterocycles. The van der Waals surface area contributed by atoms with Gasteiger partial charge in [0.15, 0.2) is 0 Å². The van der Waals surface area contributed by atoms with Gasteiger partial charge in [-0.05, 0) is 42.8 Å². The van der Waals surface area contributed by atoms with Gasteiger partial charge in [0.2, 0.25) is 0 Å². The molecule has 0 bridgehead atoms. The van der Waals surface area contributed by atoms with E-state index in [1.807, 2.05) is 6.07 Å². The molecule has 0 unspecified atom stereocenters. The zero-order chi connectivity index (χ0) is 16.7. The lowest BCUT2D eigenvalue weighted by Crippen LogP contribution is -2.28. The fourth-order valence-electron chi connectivity index (χ4n) is 1.90. The predicted octanol–water partition coefficient (Wildman–Crippen LogP) is 2.60. The van der Waals surface area contributed by atoms with Gasteiger partial charge < -0.3 is 15.8 Å². The van der Waals surface area contributed by atoms with E-state index in [-0.39, 0.29) is 18.2 Å². The van der Waals surface area contributed by atoms with Crippen LogP contribution in [0.25, 0.3) is 6.08 Å². The number of amides is 1. The lowest BCUT2D eigenvalue weighted by Gasteiger charge is -2.09. The van der Waals surface area contributed by atoms with Gasteiger partial charge >= 0.3 is 5.97 Å². The Balaban J connectivity index is 2.25. The summed E-state index contributed by atoms with van der Waals surface area (Å²) in [6.07, 6.45) is 1.55. The Morgan fingerprint density at radius 1 is 1.09 bits per heavy atom. The van der Waals surface area contributed by atoms with Crippen LogP contribution in [0.15, 0.2) is 60.3 Å². The molecule has 118 valence electrons. The van der Waals surface area contributed by atoms with Crippen LogP contribution < -0.4 is 11.1 Å². The lowest BCUT2D eigenvalue weighted by atomic mass is 10.1. The minimum absolute atomic E-state index is 0.0745. The Hall–Kier alpha value is -3.08. The molecule has 5 heteroatoms. The number of rotatable bonds is 5. The summed E-state index contributed by atoms with van der Waals surface area (Å²) in [5.41, 5.74) is 7.52. The number of nitrogens with one attached hydrogen (secondary N) is 1. The Bertz CT molecular complexity index is 707. The standard InChI is InChI=1S/C18H18N2O3/c1-2-23-18(22)16(12-13-8-10-15(19)11-9-13)20-17(21)14-6-4-3-5-7-14/h3-12H,2,19H2,1H3,(H,20,21). The molecule has 1 amide bonds. The first kappa shape index (κ1) is 16.3. The first-order valence-electron chi connectivity index (χ1n) is 7.21. The van der Waals surface area contributed by atoms with E-state index in [9.17, 15) is 9.59 Å². The number of carbonyl (C=O) groups excluding carboxylic acids is 2. The number of ether oxygens (including phenoxy) is 1. The van der Waals surface area contributed by atoms with Crippen molar-refractivity contribution in [2.75, 3.05) is 12.3 Å². The summed E-state index contributed by atoms with van der Waals surface area (Å²) in [6, 6.07) is 15.6. The molecule has 2 aromatic carbocycles. The molecule has 3 N–H and O–H groups in total. The molecule has 0 saturated carbocycles. The average Bonchev–Trinajstić information content (AvgIpc) is 2.57. The first-order chi connectivity index (χ1) is 11.1. The maximum absolute atomic E-state index is 12.2. The van der Waals surface area contributed by atoms with Crippen LogP contribution in [-0.2, 0) is 9.53 Å². The highest BCUT2D eigenvalue weighted by molar-refractivity contribution is 6.03. The van der Waals surface area contributed by atoms with Crippen LogP contribution in [0, 0.1) is 0 Å². The second-order valence-corrected chi connectivity index (χ2v) is 4.77. The van der Waals surface area contributed by atoms with Crippen molar-refractivity contribution >= 4 is 23.6 Å². The highest BCUT2D eigenvalue weighted by Crippen LogP contribution is 2.11. The van der Waals surface area contributed by atoms with Gasteiger partial charge in [0.1, 0.15) is 5.70 Å². The van der Waals surface area contributed by atoms with Crippen molar-refractivity contribution in [3.05, 3.63) is 71.4 Å². The number of carbonyl (C=O) groups is 2. The van der Waals surface area contributed by atoms with Crippen molar-refractivity contribution < 1.29 is 14.3 Å². The van der Waals surface area contributed by atoms with Crippen molar-refractivity contribution in [1.82, 2.24) is 5.32 Å². The molecule has 0 aliphatic carbocycles. The maximum Gasteiger partial charge on any atom is 0.354 e. The summed E-state index contributed by atoms with van der Waals surface area (Å²) in [5, 5.41) is 2.60. The summed E-state index contributed by atoms with van der Waals surface area (Å²) in [4.78, 5) is 24.3. The van der Waals surface area contributed by atoms with Crippen LogP contribution in [0.4, 0.5) is 5.69 Å². The summed E-state index contributed by atoms with van der Waals surface area (Å²) >= 11 is 0. The van der Waals surface area contributed by atoms with Crippen molar-refractivity contribution in [3.8, 4) is 0 Å². The second-order valence-electron chi connectivity index (χ2n) is 4.77. The molecule has 0 heterocycles. The third-order valence-electron chi connectivity index (χ3n) is 3.03. The van der Waals surface area contributed by atoms with Crippen molar-refractivity contribution in [2.45, 2.75) is 6.92 Å². The molecule has 0 atom stereocenters. The SMILES string of the molecule is CCOC(=O)C(=Cc1ccc(N)cc1)NC(=O)c1ccccc1. The highest BCUT2D eigenvalue weighted by atomic mass is 16.5. The summed E-state index contributed by atoms with van der Waals surface area (Å²) in [7, 11) is 0. The van der Waals surface area contributed by atoms with E-state index in [1.54, 1.807) is 61.5 Å². The number of nitrogens with two attached hydrogens (primary N) is 1. The van der Waals surface area contributed by atoms with Gasteiger partial charge in [0.05, 0.1) is 6.61 Å². The van der Waals surface area contributed by atoms with Crippen LogP contribution in [0.2, 0.25) is 0 Å². The van der Waals surface area contributed by atoms with Crippen LogP contribution in [0.5, 0.6) is 0 Å². The topological polar surface area (TPSA) is 81.4 Å². The quantitative estimate of drug-likeness (QED) is 0.505. The number of benzene rings is 2. The molecule has 0 spiro atoms. The normalized spacial score (nSPS) is 10.9. The number of esters is 1.